The first-order chi connectivity index (χ1) is 22.6. The third-order valence-corrected chi connectivity index (χ3v) is 8.22. The molecule has 0 aliphatic heterocycles. The van der Waals surface area contributed by atoms with Crippen LogP contribution in [0.5, 0.6) is 0 Å². The van der Waals surface area contributed by atoms with Gasteiger partial charge in [0.1, 0.15) is 25.4 Å². The number of ether oxygens (including phenoxy) is 4. The monoisotopic (exact) mass is 674 g/mol. The normalized spacial score (nSPS) is 12.6. The highest BCUT2D eigenvalue weighted by atomic mass is 16.7. The second-order valence-electron chi connectivity index (χ2n) is 12.2. The Balaban J connectivity index is 4.96. The van der Waals surface area contributed by atoms with Gasteiger partial charge in [-0.25, -0.2) is 9.59 Å². The fourth-order valence-electron chi connectivity index (χ4n) is 5.33. The predicted molar refractivity (Wildman–Crippen MR) is 182 cm³/mol. The summed E-state index contributed by atoms with van der Waals surface area (Å²) in [6.45, 7) is 13.1. The van der Waals surface area contributed by atoms with E-state index >= 15 is 0 Å². The van der Waals surface area contributed by atoms with E-state index in [2.05, 4.69) is 37.5 Å². The molecule has 47 heavy (non-hydrogen) atoms. The number of carboxylic acids is 2. The van der Waals surface area contributed by atoms with Crippen molar-refractivity contribution in [1.29, 1.82) is 0 Å². The molecule has 0 aliphatic rings. The van der Waals surface area contributed by atoms with Crippen molar-refractivity contribution >= 4 is 24.2 Å². The summed E-state index contributed by atoms with van der Waals surface area (Å²) in [5, 5.41) is 18.0. The van der Waals surface area contributed by atoms with E-state index in [1.54, 1.807) is 0 Å². The minimum Gasteiger partial charge on any atom is -0.481 e. The second kappa shape index (κ2) is 30.7. The molecule has 0 aromatic rings. The highest BCUT2D eigenvalue weighted by molar-refractivity contribution is 5.67. The van der Waals surface area contributed by atoms with Crippen LogP contribution >= 0.6 is 0 Å². The van der Waals surface area contributed by atoms with Crippen molar-refractivity contribution in [3.8, 4) is 0 Å². The standard InChI is InChI=1S/C35H66N2O10/c1-5-9-11-13-18-30(20-15-22-32(38)39)46-34(42)44-28-26-37(25-17-24-36(7-3)8-4)27-29-45-35(43)47-31(19-14-12-10-6-2)21-16-23-33(40)41/h30-31H,5-29H2,1-4H3,(H,38,39)(H,40,41). The molecule has 0 aliphatic carbocycles. The molecule has 0 aromatic heterocycles. The average molecular weight is 675 g/mol. The number of carboxylic acid groups (broad SMARTS) is 2. The molecular formula is C35H66N2O10. The van der Waals surface area contributed by atoms with Crippen LogP contribution in [0.2, 0.25) is 0 Å². The Bertz CT molecular complexity index is 753. The van der Waals surface area contributed by atoms with Gasteiger partial charge in [0.25, 0.3) is 0 Å². The third kappa shape index (κ3) is 28.2. The zero-order chi connectivity index (χ0) is 35.1. The number of rotatable bonds is 32. The van der Waals surface area contributed by atoms with Crippen molar-refractivity contribution in [3.05, 3.63) is 0 Å². The van der Waals surface area contributed by atoms with Gasteiger partial charge in [-0.15, -0.1) is 0 Å². The van der Waals surface area contributed by atoms with Crippen LogP contribution in [0.15, 0.2) is 0 Å². The summed E-state index contributed by atoms with van der Waals surface area (Å²) in [7, 11) is 0. The van der Waals surface area contributed by atoms with Crippen LogP contribution in [0.4, 0.5) is 9.59 Å². The SMILES string of the molecule is CCCCCCC(CCCC(=O)O)OC(=O)OCCN(CCCN(CC)CC)CCOC(=O)OC(CCCCCC)CCCC(=O)O. The summed E-state index contributed by atoms with van der Waals surface area (Å²) in [6, 6.07) is 0. The van der Waals surface area contributed by atoms with Crippen LogP contribution in [-0.4, -0.2) is 109 Å². The summed E-state index contributed by atoms with van der Waals surface area (Å²) in [5.74, 6) is -1.73. The summed E-state index contributed by atoms with van der Waals surface area (Å²) in [6.07, 6.45) is 10.2. The van der Waals surface area contributed by atoms with Gasteiger partial charge in [0.2, 0.25) is 0 Å². The lowest BCUT2D eigenvalue weighted by molar-refractivity contribution is -0.138. The van der Waals surface area contributed by atoms with Crippen molar-refractivity contribution < 1.29 is 48.3 Å². The lowest BCUT2D eigenvalue weighted by atomic mass is 10.0. The summed E-state index contributed by atoms with van der Waals surface area (Å²) < 4.78 is 22.0. The molecule has 2 N–H and O–H groups in total. The van der Waals surface area contributed by atoms with E-state index in [1.165, 1.54) is 0 Å². The average Bonchev–Trinajstić information content (AvgIpc) is 3.02. The molecule has 0 fully saturated rings. The Kier molecular flexibility index (Phi) is 29.0. The zero-order valence-corrected chi connectivity index (χ0v) is 29.9. The predicted octanol–water partition coefficient (Wildman–Crippen LogP) is 7.51. The van der Waals surface area contributed by atoms with Crippen molar-refractivity contribution in [3.63, 3.8) is 0 Å². The summed E-state index contributed by atoms with van der Waals surface area (Å²) >= 11 is 0. The first-order valence-corrected chi connectivity index (χ1v) is 18.2. The molecule has 0 saturated heterocycles. The summed E-state index contributed by atoms with van der Waals surface area (Å²) in [5.41, 5.74) is 0. The Morgan fingerprint density at radius 3 is 1.30 bits per heavy atom. The van der Waals surface area contributed by atoms with E-state index in [1.807, 2.05) is 0 Å². The Morgan fingerprint density at radius 1 is 0.511 bits per heavy atom. The fourth-order valence-corrected chi connectivity index (χ4v) is 5.33. The van der Waals surface area contributed by atoms with Crippen molar-refractivity contribution in [2.75, 3.05) is 52.5 Å². The van der Waals surface area contributed by atoms with Gasteiger partial charge >= 0.3 is 24.2 Å². The molecule has 0 rings (SSSR count). The molecule has 0 heterocycles. The van der Waals surface area contributed by atoms with Crippen LogP contribution in [0, 0.1) is 0 Å². The lowest BCUT2D eigenvalue weighted by Gasteiger charge is -2.25. The number of unbranched alkanes of at least 4 members (excludes halogenated alkanes) is 6. The van der Waals surface area contributed by atoms with Gasteiger partial charge in [0, 0.05) is 25.9 Å². The van der Waals surface area contributed by atoms with Crippen LogP contribution in [-0.2, 0) is 28.5 Å². The van der Waals surface area contributed by atoms with Crippen molar-refractivity contribution in [2.45, 2.75) is 149 Å². The highest BCUT2D eigenvalue weighted by Gasteiger charge is 2.19. The van der Waals surface area contributed by atoms with Crippen LogP contribution in [0.25, 0.3) is 0 Å². The molecule has 2 unspecified atom stereocenters. The molecule has 0 spiro atoms. The molecule has 0 bridgehead atoms. The van der Waals surface area contributed by atoms with E-state index in [0.29, 0.717) is 51.6 Å². The van der Waals surface area contributed by atoms with E-state index in [4.69, 9.17) is 29.2 Å². The summed E-state index contributed by atoms with van der Waals surface area (Å²) in [4.78, 5) is 51.3. The maximum Gasteiger partial charge on any atom is 0.508 e. The van der Waals surface area contributed by atoms with Gasteiger partial charge in [-0.2, -0.15) is 0 Å². The molecule has 0 saturated carbocycles. The molecule has 0 amide bonds. The molecule has 12 heteroatoms. The largest absolute Gasteiger partial charge is 0.508 e. The van der Waals surface area contributed by atoms with Crippen LogP contribution < -0.4 is 0 Å². The Hall–Kier alpha value is -2.60. The Labute approximate surface area is 283 Å². The Morgan fingerprint density at radius 2 is 0.915 bits per heavy atom. The van der Waals surface area contributed by atoms with Gasteiger partial charge in [-0.1, -0.05) is 66.2 Å². The number of carbonyl (C=O) groups is 4. The maximum atomic E-state index is 12.5. The number of carbonyl (C=O) groups excluding carboxylic acids is 2. The first kappa shape index (κ1) is 44.4. The zero-order valence-electron chi connectivity index (χ0n) is 29.9. The molecule has 276 valence electrons. The van der Waals surface area contributed by atoms with Crippen molar-refractivity contribution in [1.82, 2.24) is 9.80 Å². The number of hydrogen-bond donors (Lipinski definition) is 2. The lowest BCUT2D eigenvalue weighted by Crippen LogP contribution is -2.35. The van der Waals surface area contributed by atoms with Crippen molar-refractivity contribution in [2.24, 2.45) is 0 Å². The van der Waals surface area contributed by atoms with Crippen LogP contribution in [0.3, 0.4) is 0 Å². The van der Waals surface area contributed by atoms with Gasteiger partial charge < -0.3 is 34.1 Å². The van der Waals surface area contributed by atoms with E-state index in [-0.39, 0.29) is 38.3 Å². The molecule has 0 aromatic carbocycles. The third-order valence-electron chi connectivity index (χ3n) is 8.22. The minimum atomic E-state index is -0.867. The molecule has 12 nitrogen and oxygen atoms in total. The van der Waals surface area contributed by atoms with Gasteiger partial charge in [-0.3, -0.25) is 14.5 Å². The smallest absolute Gasteiger partial charge is 0.481 e. The highest BCUT2D eigenvalue weighted by Crippen LogP contribution is 2.16. The van der Waals surface area contributed by atoms with Crippen LogP contribution in [0.1, 0.15) is 137 Å². The second-order valence-corrected chi connectivity index (χ2v) is 12.2. The molecular weight excluding hydrogens is 608 g/mol. The molecule has 2 atom stereocenters. The first-order valence-electron chi connectivity index (χ1n) is 18.2. The number of nitrogens with zero attached hydrogens (tertiary/aromatic N) is 2. The van der Waals surface area contributed by atoms with E-state index in [9.17, 15) is 19.2 Å². The van der Waals surface area contributed by atoms with Gasteiger partial charge in [-0.05, 0) is 84.0 Å². The van der Waals surface area contributed by atoms with Gasteiger partial charge in [0.15, 0.2) is 0 Å². The van der Waals surface area contributed by atoms with E-state index < -0.39 is 24.2 Å². The molecule has 0 radical (unpaired) electrons. The number of hydrogen-bond acceptors (Lipinski definition) is 10. The topological polar surface area (TPSA) is 152 Å². The fraction of sp³-hybridized carbons (Fsp3) is 0.886. The number of aliphatic carboxylic acids is 2. The van der Waals surface area contributed by atoms with E-state index in [0.717, 1.165) is 84.0 Å². The minimum absolute atomic E-state index is 0.0340. The van der Waals surface area contributed by atoms with Gasteiger partial charge in [0.05, 0.1) is 0 Å². The quantitative estimate of drug-likeness (QED) is 0.0536. The maximum absolute atomic E-state index is 12.5.